The van der Waals surface area contributed by atoms with Crippen LogP contribution in [-0.2, 0) is 4.74 Å². The van der Waals surface area contributed by atoms with E-state index in [2.05, 4.69) is 31.3 Å². The van der Waals surface area contributed by atoms with Gasteiger partial charge < -0.3 is 14.8 Å². The van der Waals surface area contributed by atoms with Crippen LogP contribution >= 0.6 is 0 Å². The molecule has 0 radical (unpaired) electrons. The zero-order chi connectivity index (χ0) is 13.0. The van der Waals surface area contributed by atoms with Gasteiger partial charge in [-0.25, -0.2) is 0 Å². The number of para-hydroxylation sites is 1. The summed E-state index contributed by atoms with van der Waals surface area (Å²) in [6.07, 6.45) is 2.22. The van der Waals surface area contributed by atoms with Crippen LogP contribution in [0.15, 0.2) is 24.3 Å². The normalized spacial score (nSPS) is 25.1. The van der Waals surface area contributed by atoms with Gasteiger partial charge >= 0.3 is 0 Å². The van der Waals surface area contributed by atoms with Gasteiger partial charge in [0.15, 0.2) is 0 Å². The summed E-state index contributed by atoms with van der Waals surface area (Å²) in [4.78, 5) is 0. The molecule has 0 spiro atoms. The van der Waals surface area contributed by atoms with Crippen molar-refractivity contribution in [3.63, 3.8) is 0 Å². The van der Waals surface area contributed by atoms with E-state index in [0.29, 0.717) is 0 Å². The fourth-order valence-corrected chi connectivity index (χ4v) is 2.79. The lowest BCUT2D eigenvalue weighted by atomic mass is 9.87. The molecule has 1 aliphatic heterocycles. The zero-order valence-corrected chi connectivity index (χ0v) is 11.5. The summed E-state index contributed by atoms with van der Waals surface area (Å²) >= 11 is 0. The summed E-state index contributed by atoms with van der Waals surface area (Å²) in [6, 6.07) is 8.38. The second-order valence-electron chi connectivity index (χ2n) is 5.00. The molecule has 1 heterocycles. The van der Waals surface area contributed by atoms with Gasteiger partial charge in [0, 0.05) is 12.2 Å². The van der Waals surface area contributed by atoms with Crippen LogP contribution in [0.5, 0.6) is 5.75 Å². The van der Waals surface area contributed by atoms with E-state index in [1.807, 2.05) is 12.1 Å². The van der Waals surface area contributed by atoms with Crippen molar-refractivity contribution in [2.75, 3.05) is 20.3 Å². The molecule has 1 aromatic rings. The van der Waals surface area contributed by atoms with Crippen LogP contribution in [0.1, 0.15) is 38.3 Å². The van der Waals surface area contributed by atoms with E-state index < -0.39 is 0 Å². The Morgan fingerprint density at radius 3 is 2.83 bits per heavy atom. The van der Waals surface area contributed by atoms with Crippen molar-refractivity contribution in [3.8, 4) is 5.75 Å². The van der Waals surface area contributed by atoms with Crippen LogP contribution in [0.25, 0.3) is 0 Å². The molecule has 2 unspecified atom stereocenters. The van der Waals surface area contributed by atoms with Gasteiger partial charge in [0.2, 0.25) is 0 Å². The number of benzene rings is 1. The van der Waals surface area contributed by atoms with Crippen molar-refractivity contribution in [2.45, 2.75) is 38.3 Å². The molecule has 0 aromatic heterocycles. The molecular weight excluding hydrogens is 226 g/mol. The van der Waals surface area contributed by atoms with Crippen molar-refractivity contribution >= 4 is 0 Å². The van der Waals surface area contributed by atoms with Crippen molar-refractivity contribution in [1.29, 1.82) is 0 Å². The predicted octanol–water partition coefficient (Wildman–Crippen LogP) is 2.91. The Hall–Kier alpha value is -1.06. The highest BCUT2D eigenvalue weighted by Crippen LogP contribution is 2.40. The first-order valence-electron chi connectivity index (χ1n) is 6.71. The highest BCUT2D eigenvalue weighted by Gasteiger charge is 2.39. The first-order valence-corrected chi connectivity index (χ1v) is 6.71. The van der Waals surface area contributed by atoms with Gasteiger partial charge in [0.1, 0.15) is 5.75 Å². The molecular formula is C15H23NO2. The Kier molecular flexibility index (Phi) is 4.25. The Labute approximate surface area is 109 Å². The van der Waals surface area contributed by atoms with Crippen LogP contribution in [0.2, 0.25) is 0 Å². The Morgan fingerprint density at radius 2 is 2.22 bits per heavy atom. The second kappa shape index (κ2) is 5.72. The summed E-state index contributed by atoms with van der Waals surface area (Å²) in [7, 11) is 1.72. The largest absolute Gasteiger partial charge is 0.496 e. The number of methoxy groups -OCH3 is 1. The monoisotopic (exact) mass is 249 g/mol. The molecule has 18 heavy (non-hydrogen) atoms. The predicted molar refractivity (Wildman–Crippen MR) is 73.0 cm³/mol. The highest BCUT2D eigenvalue weighted by molar-refractivity contribution is 5.37. The van der Waals surface area contributed by atoms with Gasteiger partial charge in [-0.05, 0) is 32.4 Å². The smallest absolute Gasteiger partial charge is 0.123 e. The number of nitrogens with one attached hydrogen (secondary N) is 1. The lowest BCUT2D eigenvalue weighted by Gasteiger charge is -2.35. The minimum Gasteiger partial charge on any atom is -0.496 e. The Bertz CT molecular complexity index is 386. The van der Waals surface area contributed by atoms with E-state index in [1.54, 1.807) is 7.11 Å². The van der Waals surface area contributed by atoms with Crippen LogP contribution < -0.4 is 10.1 Å². The summed E-state index contributed by atoms with van der Waals surface area (Å²) in [5.74, 6) is 0.931. The van der Waals surface area contributed by atoms with Gasteiger partial charge in [-0.1, -0.05) is 25.1 Å². The van der Waals surface area contributed by atoms with Gasteiger partial charge in [-0.2, -0.15) is 0 Å². The van der Waals surface area contributed by atoms with Crippen molar-refractivity contribution in [2.24, 2.45) is 0 Å². The van der Waals surface area contributed by atoms with E-state index in [-0.39, 0.29) is 11.6 Å². The number of rotatable bonds is 5. The topological polar surface area (TPSA) is 30.5 Å². The number of hydrogen-bond donors (Lipinski definition) is 1. The summed E-state index contributed by atoms with van der Waals surface area (Å²) < 4.78 is 11.5. The minimum atomic E-state index is -0.134. The van der Waals surface area contributed by atoms with E-state index in [9.17, 15) is 0 Å². The molecule has 3 heteroatoms. The lowest BCUT2D eigenvalue weighted by molar-refractivity contribution is -0.0126. The van der Waals surface area contributed by atoms with Crippen molar-refractivity contribution < 1.29 is 9.47 Å². The van der Waals surface area contributed by atoms with Crippen molar-refractivity contribution in [1.82, 2.24) is 5.32 Å². The van der Waals surface area contributed by atoms with Crippen LogP contribution in [0.3, 0.4) is 0 Å². The first kappa shape index (κ1) is 13.4. The van der Waals surface area contributed by atoms with E-state index in [1.165, 1.54) is 5.56 Å². The third kappa shape index (κ3) is 2.52. The quantitative estimate of drug-likeness (QED) is 0.870. The molecule has 0 aliphatic carbocycles. The van der Waals surface area contributed by atoms with Gasteiger partial charge in [-0.3, -0.25) is 0 Å². The molecule has 3 nitrogen and oxygen atoms in total. The second-order valence-corrected chi connectivity index (χ2v) is 5.00. The summed E-state index contributed by atoms with van der Waals surface area (Å²) in [6.45, 7) is 6.09. The zero-order valence-electron chi connectivity index (χ0n) is 11.5. The molecule has 1 N–H and O–H groups in total. The third-order valence-electron chi connectivity index (χ3n) is 3.72. The number of hydrogen-bond acceptors (Lipinski definition) is 3. The molecule has 1 aliphatic rings. The fraction of sp³-hybridized carbons (Fsp3) is 0.600. The summed E-state index contributed by atoms with van der Waals surface area (Å²) in [5.41, 5.74) is 1.05. The lowest BCUT2D eigenvalue weighted by Crippen LogP contribution is -2.41. The molecule has 0 bridgehead atoms. The summed E-state index contributed by atoms with van der Waals surface area (Å²) in [5, 5.41) is 3.55. The van der Waals surface area contributed by atoms with Crippen LogP contribution in [0.4, 0.5) is 0 Å². The molecule has 1 saturated heterocycles. The molecule has 0 saturated carbocycles. The molecule has 0 amide bonds. The average Bonchev–Trinajstić information content (AvgIpc) is 2.84. The van der Waals surface area contributed by atoms with Crippen LogP contribution in [0, 0.1) is 0 Å². The standard InChI is InChI=1S/C15H23NO2/c1-4-16-14(15(2)10-7-11-18-15)12-8-5-6-9-13(12)17-3/h5-6,8-9,14,16H,4,7,10-11H2,1-3H3. The SMILES string of the molecule is CCNC(c1ccccc1OC)C1(C)CCCO1. The van der Waals surface area contributed by atoms with Crippen LogP contribution in [-0.4, -0.2) is 25.9 Å². The van der Waals surface area contributed by atoms with Gasteiger partial charge in [0.25, 0.3) is 0 Å². The van der Waals surface area contributed by atoms with E-state index in [0.717, 1.165) is 31.7 Å². The maximum Gasteiger partial charge on any atom is 0.123 e. The Balaban J connectivity index is 2.34. The Morgan fingerprint density at radius 1 is 1.44 bits per heavy atom. The number of likely N-dealkylation sites (N-methyl/N-ethyl adjacent to an activating group) is 1. The molecule has 1 fully saturated rings. The molecule has 2 rings (SSSR count). The molecule has 2 atom stereocenters. The highest BCUT2D eigenvalue weighted by atomic mass is 16.5. The van der Waals surface area contributed by atoms with Gasteiger partial charge in [0.05, 0.1) is 18.8 Å². The van der Waals surface area contributed by atoms with E-state index in [4.69, 9.17) is 9.47 Å². The number of ether oxygens (including phenoxy) is 2. The maximum atomic E-state index is 5.99. The average molecular weight is 249 g/mol. The first-order chi connectivity index (χ1) is 8.71. The molecule has 1 aromatic carbocycles. The third-order valence-corrected chi connectivity index (χ3v) is 3.72. The maximum absolute atomic E-state index is 5.99. The minimum absolute atomic E-state index is 0.134. The van der Waals surface area contributed by atoms with E-state index >= 15 is 0 Å². The van der Waals surface area contributed by atoms with Gasteiger partial charge in [-0.15, -0.1) is 0 Å². The van der Waals surface area contributed by atoms with Crippen molar-refractivity contribution in [3.05, 3.63) is 29.8 Å². The molecule has 100 valence electrons. The fourth-order valence-electron chi connectivity index (χ4n) is 2.79.